The van der Waals surface area contributed by atoms with Gasteiger partial charge in [-0.3, -0.25) is 0 Å². The summed E-state index contributed by atoms with van der Waals surface area (Å²) in [7, 11) is 1.57. The molecule has 2 N–H and O–H groups in total. The zero-order chi connectivity index (χ0) is 15.9. The van der Waals surface area contributed by atoms with Gasteiger partial charge in [0.2, 0.25) is 5.88 Å². The molecule has 0 aliphatic heterocycles. The molecule has 0 saturated heterocycles. The maximum Gasteiger partial charge on any atom is 0.315 e. The molecule has 1 unspecified atom stereocenters. The van der Waals surface area contributed by atoms with Gasteiger partial charge in [0.15, 0.2) is 0 Å². The summed E-state index contributed by atoms with van der Waals surface area (Å²) in [6.45, 7) is 4.56. The van der Waals surface area contributed by atoms with Crippen LogP contribution in [-0.4, -0.2) is 18.1 Å². The second-order valence-electron chi connectivity index (χ2n) is 5.24. The van der Waals surface area contributed by atoms with Gasteiger partial charge in [0.25, 0.3) is 0 Å². The first-order valence-electron chi connectivity index (χ1n) is 7.17. The third-order valence-corrected chi connectivity index (χ3v) is 4.24. The van der Waals surface area contributed by atoms with Crippen LogP contribution in [0.5, 0.6) is 5.88 Å². The van der Waals surface area contributed by atoms with Crippen molar-refractivity contribution in [1.82, 2.24) is 15.6 Å². The average molecular weight is 319 g/mol. The number of hydrogen-bond acceptors (Lipinski definition) is 4. The first-order chi connectivity index (χ1) is 10.6. The Morgan fingerprint density at radius 2 is 2.18 bits per heavy atom. The number of carbonyl (C=O) groups is 1. The van der Waals surface area contributed by atoms with Gasteiger partial charge in [0.05, 0.1) is 13.2 Å². The van der Waals surface area contributed by atoms with Gasteiger partial charge in [-0.05, 0) is 23.4 Å². The highest BCUT2D eigenvalue weighted by Crippen LogP contribution is 2.25. The Morgan fingerprint density at radius 1 is 1.36 bits per heavy atom. The number of aromatic nitrogens is 1. The summed E-state index contributed by atoms with van der Waals surface area (Å²) in [6, 6.07) is 7.55. The standard InChI is InChI=1S/C16H21N3O2S/c1-11(2)14(13-7-5-9-22-13)19-16(20)18-10-12-6-4-8-17-15(12)21-3/h4-9,11,14H,10H2,1-3H3,(H2,18,19,20). The lowest BCUT2D eigenvalue weighted by Gasteiger charge is -2.21. The first kappa shape index (κ1) is 16.3. The minimum atomic E-state index is -0.196. The molecule has 1 atom stereocenters. The second-order valence-corrected chi connectivity index (χ2v) is 6.22. The highest BCUT2D eigenvalue weighted by molar-refractivity contribution is 7.10. The number of nitrogens with zero attached hydrogens (tertiary/aromatic N) is 1. The molecular formula is C16H21N3O2S. The predicted molar refractivity (Wildman–Crippen MR) is 88.1 cm³/mol. The monoisotopic (exact) mass is 319 g/mol. The normalized spacial score (nSPS) is 12.0. The number of rotatable bonds is 6. The molecule has 2 aromatic rings. The summed E-state index contributed by atoms with van der Waals surface area (Å²) >= 11 is 1.65. The van der Waals surface area contributed by atoms with Crippen LogP contribution >= 0.6 is 11.3 Å². The van der Waals surface area contributed by atoms with E-state index < -0.39 is 0 Å². The molecule has 0 saturated carbocycles. The largest absolute Gasteiger partial charge is 0.481 e. The molecule has 0 spiro atoms. The summed E-state index contributed by atoms with van der Waals surface area (Å²) in [4.78, 5) is 17.4. The Hall–Kier alpha value is -2.08. The molecule has 0 aromatic carbocycles. The van der Waals surface area contributed by atoms with Gasteiger partial charge in [-0.15, -0.1) is 11.3 Å². The molecule has 2 amide bonds. The van der Waals surface area contributed by atoms with Gasteiger partial charge in [-0.2, -0.15) is 0 Å². The summed E-state index contributed by atoms with van der Waals surface area (Å²) in [5, 5.41) is 7.90. The van der Waals surface area contributed by atoms with E-state index in [9.17, 15) is 4.79 Å². The van der Waals surface area contributed by atoms with Crippen molar-refractivity contribution in [3.8, 4) is 5.88 Å². The molecule has 2 heterocycles. The van der Waals surface area contributed by atoms with E-state index in [-0.39, 0.29) is 12.1 Å². The number of carbonyl (C=O) groups excluding carboxylic acids is 1. The molecule has 0 aliphatic carbocycles. The molecule has 0 radical (unpaired) electrons. The van der Waals surface area contributed by atoms with Crippen LogP contribution in [0.4, 0.5) is 4.79 Å². The van der Waals surface area contributed by atoms with Gasteiger partial charge in [-0.25, -0.2) is 9.78 Å². The molecule has 118 valence electrons. The topological polar surface area (TPSA) is 63.2 Å². The van der Waals surface area contributed by atoms with E-state index in [1.54, 1.807) is 24.6 Å². The highest BCUT2D eigenvalue weighted by Gasteiger charge is 2.19. The predicted octanol–water partition coefficient (Wildman–Crippen LogP) is 3.35. The smallest absolute Gasteiger partial charge is 0.315 e. The number of thiophene rings is 1. The van der Waals surface area contributed by atoms with Crippen molar-refractivity contribution in [1.29, 1.82) is 0 Å². The van der Waals surface area contributed by atoms with Gasteiger partial charge in [-0.1, -0.05) is 26.0 Å². The molecule has 5 nitrogen and oxygen atoms in total. The van der Waals surface area contributed by atoms with Crippen LogP contribution in [-0.2, 0) is 6.54 Å². The number of amides is 2. The van der Waals surface area contributed by atoms with Crippen LogP contribution in [0, 0.1) is 5.92 Å². The molecule has 2 aromatic heterocycles. The molecule has 2 rings (SSSR count). The molecular weight excluding hydrogens is 298 g/mol. The zero-order valence-electron chi connectivity index (χ0n) is 13.0. The van der Waals surface area contributed by atoms with E-state index in [0.717, 1.165) is 10.4 Å². The Bertz CT molecular complexity index is 599. The number of pyridine rings is 1. The van der Waals surface area contributed by atoms with Crippen LogP contribution in [0.1, 0.15) is 30.3 Å². The summed E-state index contributed by atoms with van der Waals surface area (Å²) < 4.78 is 5.17. The van der Waals surface area contributed by atoms with Crippen LogP contribution in [0.25, 0.3) is 0 Å². The molecule has 22 heavy (non-hydrogen) atoms. The first-order valence-corrected chi connectivity index (χ1v) is 8.05. The van der Waals surface area contributed by atoms with E-state index in [1.807, 2.05) is 29.6 Å². The van der Waals surface area contributed by atoms with Gasteiger partial charge < -0.3 is 15.4 Å². The summed E-state index contributed by atoms with van der Waals surface area (Å²) in [6.07, 6.45) is 1.66. The van der Waals surface area contributed by atoms with Gasteiger partial charge in [0.1, 0.15) is 0 Å². The molecule has 6 heteroatoms. The SMILES string of the molecule is COc1ncccc1CNC(=O)NC(c1cccs1)C(C)C. The van der Waals surface area contributed by atoms with Crippen molar-refractivity contribution in [3.05, 3.63) is 46.3 Å². The van der Waals surface area contributed by atoms with E-state index in [1.165, 1.54) is 0 Å². The lowest BCUT2D eigenvalue weighted by molar-refractivity contribution is 0.233. The molecule has 0 fully saturated rings. The van der Waals surface area contributed by atoms with Crippen molar-refractivity contribution in [3.63, 3.8) is 0 Å². The van der Waals surface area contributed by atoms with E-state index >= 15 is 0 Å². The maximum atomic E-state index is 12.1. The van der Waals surface area contributed by atoms with E-state index in [2.05, 4.69) is 29.5 Å². The van der Waals surface area contributed by atoms with Crippen LogP contribution in [0.3, 0.4) is 0 Å². The Labute approximate surface area is 134 Å². The third kappa shape index (κ3) is 4.21. The zero-order valence-corrected chi connectivity index (χ0v) is 13.8. The lowest BCUT2D eigenvalue weighted by atomic mass is 10.0. The Kier molecular flexibility index (Phi) is 5.77. The van der Waals surface area contributed by atoms with Gasteiger partial charge >= 0.3 is 6.03 Å². The number of nitrogens with one attached hydrogen (secondary N) is 2. The van der Waals surface area contributed by atoms with Gasteiger partial charge in [0, 0.05) is 23.2 Å². The van der Waals surface area contributed by atoms with Crippen molar-refractivity contribution < 1.29 is 9.53 Å². The lowest BCUT2D eigenvalue weighted by Crippen LogP contribution is -2.39. The quantitative estimate of drug-likeness (QED) is 0.858. The minimum absolute atomic E-state index is 0.00999. The van der Waals surface area contributed by atoms with Crippen molar-refractivity contribution in [2.24, 2.45) is 5.92 Å². The summed E-state index contributed by atoms with van der Waals surface area (Å²) in [5.41, 5.74) is 0.845. The van der Waals surface area contributed by atoms with Crippen LogP contribution in [0.2, 0.25) is 0 Å². The third-order valence-electron chi connectivity index (χ3n) is 3.29. The number of ether oxygens (including phenoxy) is 1. The fourth-order valence-electron chi connectivity index (χ4n) is 2.14. The Balaban J connectivity index is 1.94. The second kappa shape index (κ2) is 7.79. The minimum Gasteiger partial charge on any atom is -0.481 e. The number of methoxy groups -OCH3 is 1. The van der Waals surface area contributed by atoms with Crippen LogP contribution in [0.15, 0.2) is 35.8 Å². The van der Waals surface area contributed by atoms with E-state index in [4.69, 9.17) is 4.74 Å². The van der Waals surface area contributed by atoms with Crippen molar-refractivity contribution in [2.45, 2.75) is 26.4 Å². The Morgan fingerprint density at radius 3 is 2.82 bits per heavy atom. The summed E-state index contributed by atoms with van der Waals surface area (Å²) in [5.74, 6) is 0.846. The van der Waals surface area contributed by atoms with Crippen LogP contribution < -0.4 is 15.4 Å². The number of urea groups is 1. The number of hydrogen-bond donors (Lipinski definition) is 2. The van der Waals surface area contributed by atoms with Crippen molar-refractivity contribution >= 4 is 17.4 Å². The molecule has 0 bridgehead atoms. The van der Waals surface area contributed by atoms with Crippen molar-refractivity contribution in [2.75, 3.05) is 7.11 Å². The maximum absolute atomic E-state index is 12.1. The fraction of sp³-hybridized carbons (Fsp3) is 0.375. The average Bonchev–Trinajstić information content (AvgIpc) is 3.04. The van der Waals surface area contributed by atoms with E-state index in [0.29, 0.717) is 18.3 Å². The fourth-order valence-corrected chi connectivity index (χ4v) is 3.09. The highest BCUT2D eigenvalue weighted by atomic mass is 32.1. The molecule has 0 aliphatic rings.